The number of hydrogen-bond donors (Lipinski definition) is 1. The first-order chi connectivity index (χ1) is 12.2. The van der Waals surface area contributed by atoms with Crippen LogP contribution in [0.4, 0.5) is 0 Å². The topological polar surface area (TPSA) is 24.5 Å². The van der Waals surface area contributed by atoms with E-state index in [2.05, 4.69) is 62.5 Å². The molecule has 3 nitrogen and oxygen atoms in total. The van der Waals surface area contributed by atoms with Crippen LogP contribution >= 0.6 is 15.9 Å². The molecule has 0 saturated carbocycles. The van der Waals surface area contributed by atoms with Crippen LogP contribution in [-0.2, 0) is 13.1 Å². The van der Waals surface area contributed by atoms with Gasteiger partial charge >= 0.3 is 0 Å². The van der Waals surface area contributed by atoms with Crippen LogP contribution in [0.5, 0.6) is 5.75 Å². The summed E-state index contributed by atoms with van der Waals surface area (Å²) < 4.78 is 6.85. The van der Waals surface area contributed by atoms with Crippen LogP contribution in [0.1, 0.15) is 30.9 Å². The third-order valence-electron chi connectivity index (χ3n) is 4.74. The zero-order chi connectivity index (χ0) is 17.5. The lowest BCUT2D eigenvalue weighted by Crippen LogP contribution is -2.41. The van der Waals surface area contributed by atoms with E-state index in [1.54, 1.807) is 0 Å². The molecule has 0 amide bonds. The highest BCUT2D eigenvalue weighted by Gasteiger charge is 2.19. The largest absolute Gasteiger partial charge is 0.494 e. The summed E-state index contributed by atoms with van der Waals surface area (Å²) in [6, 6.07) is 17.6. The average Bonchev–Trinajstić information content (AvgIpc) is 2.64. The SMILES string of the molecule is CCOc1ccc(Br)cc1CNC1CCN(Cc2ccccc2)CC1. The lowest BCUT2D eigenvalue weighted by molar-refractivity contribution is 0.190. The van der Waals surface area contributed by atoms with Crippen molar-refractivity contribution in [3.63, 3.8) is 0 Å². The fraction of sp³-hybridized carbons (Fsp3) is 0.429. The van der Waals surface area contributed by atoms with Crippen LogP contribution in [0.2, 0.25) is 0 Å². The minimum absolute atomic E-state index is 0.584. The Morgan fingerprint density at radius 2 is 1.88 bits per heavy atom. The van der Waals surface area contributed by atoms with Crippen molar-refractivity contribution in [2.45, 2.75) is 38.9 Å². The summed E-state index contributed by atoms with van der Waals surface area (Å²) in [6.45, 7) is 6.97. The normalized spacial score (nSPS) is 16.1. The van der Waals surface area contributed by atoms with E-state index >= 15 is 0 Å². The monoisotopic (exact) mass is 402 g/mol. The van der Waals surface area contributed by atoms with Gasteiger partial charge in [-0.3, -0.25) is 4.90 Å². The molecule has 1 N–H and O–H groups in total. The number of ether oxygens (including phenoxy) is 1. The molecule has 1 heterocycles. The van der Waals surface area contributed by atoms with Gasteiger partial charge in [-0.15, -0.1) is 0 Å². The van der Waals surface area contributed by atoms with Gasteiger partial charge in [0, 0.05) is 29.2 Å². The van der Waals surface area contributed by atoms with E-state index < -0.39 is 0 Å². The molecule has 0 spiro atoms. The van der Waals surface area contributed by atoms with Crippen molar-refractivity contribution in [3.05, 3.63) is 64.1 Å². The van der Waals surface area contributed by atoms with Gasteiger partial charge in [0.15, 0.2) is 0 Å². The fourth-order valence-corrected chi connectivity index (χ4v) is 3.78. The Hall–Kier alpha value is -1.36. The van der Waals surface area contributed by atoms with Crippen molar-refractivity contribution in [2.24, 2.45) is 0 Å². The highest BCUT2D eigenvalue weighted by molar-refractivity contribution is 9.10. The molecule has 0 atom stereocenters. The number of benzene rings is 2. The van der Waals surface area contributed by atoms with Crippen LogP contribution in [0.25, 0.3) is 0 Å². The summed E-state index contributed by atoms with van der Waals surface area (Å²) in [7, 11) is 0. The van der Waals surface area contributed by atoms with E-state index in [4.69, 9.17) is 4.74 Å². The fourth-order valence-electron chi connectivity index (χ4n) is 3.37. The second-order valence-corrected chi connectivity index (χ2v) is 7.52. The summed E-state index contributed by atoms with van der Waals surface area (Å²) >= 11 is 3.56. The van der Waals surface area contributed by atoms with Crippen LogP contribution in [0, 0.1) is 0 Å². The molecule has 1 aliphatic rings. The Balaban J connectivity index is 1.47. The van der Waals surface area contributed by atoms with Gasteiger partial charge in [0.2, 0.25) is 0 Å². The molecule has 25 heavy (non-hydrogen) atoms. The first kappa shape index (κ1) is 18.4. The third-order valence-corrected chi connectivity index (χ3v) is 5.23. The lowest BCUT2D eigenvalue weighted by Gasteiger charge is -2.32. The van der Waals surface area contributed by atoms with Crippen LogP contribution in [-0.4, -0.2) is 30.6 Å². The van der Waals surface area contributed by atoms with Crippen molar-refractivity contribution < 1.29 is 4.74 Å². The number of likely N-dealkylation sites (tertiary alicyclic amines) is 1. The van der Waals surface area contributed by atoms with Crippen molar-refractivity contribution in [3.8, 4) is 5.75 Å². The Bertz CT molecular complexity index is 654. The van der Waals surface area contributed by atoms with E-state index in [1.165, 1.54) is 24.0 Å². The number of nitrogens with zero attached hydrogens (tertiary/aromatic N) is 1. The molecule has 3 rings (SSSR count). The molecule has 0 radical (unpaired) electrons. The maximum atomic E-state index is 5.75. The van der Waals surface area contributed by atoms with Gasteiger partial charge in [-0.1, -0.05) is 46.3 Å². The Kier molecular flexibility index (Phi) is 6.91. The van der Waals surface area contributed by atoms with Crippen molar-refractivity contribution >= 4 is 15.9 Å². The summed E-state index contributed by atoms with van der Waals surface area (Å²) in [5, 5.41) is 3.72. The third kappa shape index (κ3) is 5.56. The van der Waals surface area contributed by atoms with Gasteiger partial charge in [0.1, 0.15) is 5.75 Å². The van der Waals surface area contributed by atoms with Crippen molar-refractivity contribution in [1.82, 2.24) is 10.2 Å². The summed E-state index contributed by atoms with van der Waals surface area (Å²) in [5.41, 5.74) is 2.63. The standard InChI is InChI=1S/C21H27BrN2O/c1-2-25-21-9-8-19(22)14-18(21)15-23-20-10-12-24(13-11-20)16-17-6-4-3-5-7-17/h3-9,14,20,23H,2,10-13,15-16H2,1H3. The molecule has 2 aromatic rings. The van der Waals surface area contributed by atoms with E-state index in [0.29, 0.717) is 12.6 Å². The number of nitrogens with one attached hydrogen (secondary N) is 1. The molecule has 0 aromatic heterocycles. The molecule has 0 unspecified atom stereocenters. The van der Waals surface area contributed by atoms with Gasteiger partial charge in [-0.2, -0.15) is 0 Å². The second kappa shape index (κ2) is 9.37. The Labute approximate surface area is 159 Å². The first-order valence-electron chi connectivity index (χ1n) is 9.15. The molecule has 0 aliphatic carbocycles. The van der Waals surface area contributed by atoms with Gasteiger partial charge in [-0.25, -0.2) is 0 Å². The lowest BCUT2D eigenvalue weighted by atomic mass is 10.0. The smallest absolute Gasteiger partial charge is 0.123 e. The van der Waals surface area contributed by atoms with Gasteiger partial charge < -0.3 is 10.1 Å². The van der Waals surface area contributed by atoms with E-state index in [-0.39, 0.29) is 0 Å². The zero-order valence-electron chi connectivity index (χ0n) is 14.9. The summed E-state index contributed by atoms with van der Waals surface area (Å²) in [6.07, 6.45) is 2.40. The second-order valence-electron chi connectivity index (χ2n) is 6.60. The van der Waals surface area contributed by atoms with Crippen molar-refractivity contribution in [1.29, 1.82) is 0 Å². The number of piperidine rings is 1. The quantitative estimate of drug-likeness (QED) is 0.731. The summed E-state index contributed by atoms with van der Waals surface area (Å²) in [5.74, 6) is 0.986. The van der Waals surface area contributed by atoms with Crippen LogP contribution < -0.4 is 10.1 Å². The molecule has 1 fully saturated rings. The minimum Gasteiger partial charge on any atom is -0.494 e. The Morgan fingerprint density at radius 3 is 2.60 bits per heavy atom. The first-order valence-corrected chi connectivity index (χ1v) is 9.95. The predicted molar refractivity (Wildman–Crippen MR) is 107 cm³/mol. The van der Waals surface area contributed by atoms with Gasteiger partial charge in [-0.05, 0) is 56.6 Å². The molecule has 4 heteroatoms. The molecule has 2 aromatic carbocycles. The molecular formula is C21H27BrN2O. The summed E-state index contributed by atoms with van der Waals surface area (Å²) in [4.78, 5) is 2.55. The highest BCUT2D eigenvalue weighted by atomic mass is 79.9. The predicted octanol–water partition coefficient (Wildman–Crippen LogP) is 4.60. The number of hydrogen-bond acceptors (Lipinski definition) is 3. The minimum atomic E-state index is 0.584. The van der Waals surface area contributed by atoms with E-state index in [9.17, 15) is 0 Å². The molecule has 0 bridgehead atoms. The molecule has 1 saturated heterocycles. The Morgan fingerprint density at radius 1 is 1.12 bits per heavy atom. The highest BCUT2D eigenvalue weighted by Crippen LogP contribution is 2.24. The molecule has 134 valence electrons. The van der Waals surface area contributed by atoms with E-state index in [0.717, 1.165) is 36.4 Å². The maximum absolute atomic E-state index is 5.75. The maximum Gasteiger partial charge on any atom is 0.123 e. The van der Waals surface area contributed by atoms with E-state index in [1.807, 2.05) is 19.1 Å². The van der Waals surface area contributed by atoms with Crippen LogP contribution in [0.3, 0.4) is 0 Å². The number of rotatable bonds is 7. The molecule has 1 aliphatic heterocycles. The van der Waals surface area contributed by atoms with Crippen molar-refractivity contribution in [2.75, 3.05) is 19.7 Å². The number of halogens is 1. The van der Waals surface area contributed by atoms with Gasteiger partial charge in [0.05, 0.1) is 6.61 Å². The average molecular weight is 403 g/mol. The van der Waals surface area contributed by atoms with Gasteiger partial charge in [0.25, 0.3) is 0 Å². The zero-order valence-corrected chi connectivity index (χ0v) is 16.5. The van der Waals surface area contributed by atoms with Crippen LogP contribution in [0.15, 0.2) is 53.0 Å². The molecular weight excluding hydrogens is 376 g/mol.